The molecule has 1 aromatic rings. The van der Waals surface area contributed by atoms with Crippen molar-refractivity contribution in [3.8, 4) is 0 Å². The number of hydrogen-bond acceptors (Lipinski definition) is 5. The fourth-order valence-electron chi connectivity index (χ4n) is 4.11. The van der Waals surface area contributed by atoms with Crippen molar-refractivity contribution in [2.75, 3.05) is 18.4 Å². The minimum absolute atomic E-state index is 0.0832. The maximum atomic E-state index is 12.0. The van der Waals surface area contributed by atoms with Crippen LogP contribution in [0.1, 0.15) is 78.6 Å². The zero-order valence-corrected chi connectivity index (χ0v) is 23.6. The van der Waals surface area contributed by atoms with E-state index in [0.29, 0.717) is 24.1 Å². The Morgan fingerprint density at radius 2 is 1.84 bits per heavy atom. The van der Waals surface area contributed by atoms with Crippen molar-refractivity contribution in [3.05, 3.63) is 42.5 Å². The molecule has 4 N–H and O–H groups in total. The van der Waals surface area contributed by atoms with E-state index >= 15 is 0 Å². The maximum absolute atomic E-state index is 12.0. The van der Waals surface area contributed by atoms with Crippen LogP contribution in [0, 0.1) is 11.8 Å². The summed E-state index contributed by atoms with van der Waals surface area (Å²) in [7, 11) is 0. The third-order valence-electron chi connectivity index (χ3n) is 6.50. The van der Waals surface area contributed by atoms with Gasteiger partial charge in [0.2, 0.25) is 17.7 Å². The Morgan fingerprint density at radius 3 is 2.49 bits per heavy atom. The van der Waals surface area contributed by atoms with Crippen molar-refractivity contribution in [3.63, 3.8) is 0 Å². The van der Waals surface area contributed by atoms with Gasteiger partial charge in [-0.1, -0.05) is 64.0 Å². The van der Waals surface area contributed by atoms with E-state index in [9.17, 15) is 14.4 Å². The number of unbranched alkanes of at least 4 members (excludes halogenated alkanes) is 3. The SMILES string of the molecule is CC.CCCCC/C=C\C1C[C@@H]1C(=O)NSC1CC1.NC(=O)[C@@H]1CCCN1C(=O)CNc1ccccc1. The van der Waals surface area contributed by atoms with Crippen LogP contribution in [-0.4, -0.2) is 47.0 Å². The number of hydrogen-bond donors (Lipinski definition) is 3. The number of rotatable bonds is 12. The molecule has 2 aliphatic carbocycles. The topological polar surface area (TPSA) is 105 Å². The van der Waals surface area contributed by atoms with Gasteiger partial charge in [-0.05, 0) is 74.9 Å². The number of likely N-dealkylation sites (tertiary alicyclic amines) is 1. The number of primary amides is 1. The van der Waals surface area contributed by atoms with Crippen LogP contribution in [0.15, 0.2) is 42.5 Å². The van der Waals surface area contributed by atoms with Gasteiger partial charge in [-0.25, -0.2) is 0 Å². The van der Waals surface area contributed by atoms with Gasteiger partial charge >= 0.3 is 0 Å². The molecular formula is C29H46N4O3S. The van der Waals surface area contributed by atoms with E-state index in [4.69, 9.17) is 5.73 Å². The third kappa shape index (κ3) is 11.6. The number of para-hydroxylation sites is 1. The predicted molar refractivity (Wildman–Crippen MR) is 154 cm³/mol. The van der Waals surface area contributed by atoms with Gasteiger partial charge in [-0.15, -0.1) is 0 Å². The lowest BCUT2D eigenvalue weighted by atomic mass is 10.2. The zero-order chi connectivity index (χ0) is 27.0. The molecule has 37 heavy (non-hydrogen) atoms. The summed E-state index contributed by atoms with van der Waals surface area (Å²) in [6.07, 6.45) is 14.7. The fourth-order valence-corrected chi connectivity index (χ4v) is 4.92. The molecule has 4 rings (SSSR count). The highest BCUT2D eigenvalue weighted by Crippen LogP contribution is 2.41. The van der Waals surface area contributed by atoms with Gasteiger partial charge < -0.3 is 16.0 Å². The second kappa shape index (κ2) is 17.1. The summed E-state index contributed by atoms with van der Waals surface area (Å²) < 4.78 is 2.99. The molecule has 1 unspecified atom stereocenters. The summed E-state index contributed by atoms with van der Waals surface area (Å²) in [5, 5.41) is 3.75. The van der Waals surface area contributed by atoms with Gasteiger partial charge in [0.1, 0.15) is 6.04 Å². The van der Waals surface area contributed by atoms with Crippen LogP contribution in [0.25, 0.3) is 0 Å². The summed E-state index contributed by atoms with van der Waals surface area (Å²) >= 11 is 1.63. The Bertz CT molecular complexity index is 860. The minimum Gasteiger partial charge on any atom is -0.376 e. The molecule has 1 aromatic carbocycles. The first-order chi connectivity index (χ1) is 18.0. The molecule has 7 nitrogen and oxygen atoms in total. The smallest absolute Gasteiger partial charge is 0.242 e. The second-order valence-corrected chi connectivity index (χ2v) is 10.7. The number of nitrogens with zero attached hydrogens (tertiary/aromatic N) is 1. The van der Waals surface area contributed by atoms with E-state index in [1.165, 1.54) is 38.5 Å². The average molecular weight is 531 g/mol. The predicted octanol–water partition coefficient (Wildman–Crippen LogP) is 5.29. The zero-order valence-electron chi connectivity index (χ0n) is 22.8. The van der Waals surface area contributed by atoms with Gasteiger partial charge in [0.05, 0.1) is 6.54 Å². The van der Waals surface area contributed by atoms with Crippen LogP contribution in [0.2, 0.25) is 0 Å². The molecule has 0 bridgehead atoms. The first-order valence-electron chi connectivity index (χ1n) is 14.0. The Hall–Kier alpha value is -2.48. The van der Waals surface area contributed by atoms with E-state index in [0.717, 1.165) is 18.5 Å². The number of nitrogens with two attached hydrogens (primary N) is 1. The number of anilines is 1. The first-order valence-corrected chi connectivity index (χ1v) is 14.9. The van der Waals surface area contributed by atoms with Crippen LogP contribution in [0.5, 0.6) is 0 Å². The summed E-state index contributed by atoms with van der Waals surface area (Å²) in [4.78, 5) is 36.5. The van der Waals surface area contributed by atoms with Crippen LogP contribution < -0.4 is 15.8 Å². The number of carbonyl (C=O) groups is 3. The number of carbonyl (C=O) groups excluding carboxylic acids is 3. The largest absolute Gasteiger partial charge is 0.376 e. The average Bonchev–Trinajstić information content (AvgIpc) is 3.85. The molecule has 2 saturated carbocycles. The molecule has 3 fully saturated rings. The van der Waals surface area contributed by atoms with Gasteiger partial charge in [0.15, 0.2) is 0 Å². The van der Waals surface area contributed by atoms with E-state index in [1.807, 2.05) is 44.2 Å². The lowest BCUT2D eigenvalue weighted by molar-refractivity contribution is -0.135. The molecule has 8 heteroatoms. The van der Waals surface area contributed by atoms with E-state index < -0.39 is 11.9 Å². The van der Waals surface area contributed by atoms with Gasteiger partial charge in [0.25, 0.3) is 0 Å². The van der Waals surface area contributed by atoms with E-state index in [1.54, 1.807) is 16.8 Å². The molecule has 0 radical (unpaired) electrons. The van der Waals surface area contributed by atoms with Gasteiger partial charge in [-0.3, -0.25) is 19.1 Å². The van der Waals surface area contributed by atoms with Crippen molar-refractivity contribution < 1.29 is 14.4 Å². The van der Waals surface area contributed by atoms with Crippen LogP contribution >= 0.6 is 11.9 Å². The fraction of sp³-hybridized carbons (Fsp3) is 0.621. The van der Waals surface area contributed by atoms with Gasteiger partial charge in [-0.2, -0.15) is 0 Å². The van der Waals surface area contributed by atoms with Crippen molar-refractivity contribution in [2.24, 2.45) is 17.6 Å². The molecule has 3 aliphatic rings. The van der Waals surface area contributed by atoms with Crippen molar-refractivity contribution in [2.45, 2.75) is 89.9 Å². The number of amides is 3. The minimum atomic E-state index is -0.435. The third-order valence-corrected chi connectivity index (χ3v) is 7.63. The van der Waals surface area contributed by atoms with Crippen LogP contribution in [0.3, 0.4) is 0 Å². The maximum Gasteiger partial charge on any atom is 0.242 e. The second-order valence-electron chi connectivity index (χ2n) is 9.58. The van der Waals surface area contributed by atoms with Crippen molar-refractivity contribution >= 4 is 35.4 Å². The van der Waals surface area contributed by atoms with E-state index in [2.05, 4.69) is 29.1 Å². The highest BCUT2D eigenvalue weighted by Gasteiger charge is 2.41. The highest BCUT2D eigenvalue weighted by atomic mass is 32.2. The first kappa shape index (κ1) is 30.7. The summed E-state index contributed by atoms with van der Waals surface area (Å²) in [5.41, 5.74) is 6.17. The van der Waals surface area contributed by atoms with Crippen LogP contribution in [-0.2, 0) is 14.4 Å². The highest BCUT2D eigenvalue weighted by molar-refractivity contribution is 7.98. The van der Waals surface area contributed by atoms with Gasteiger partial charge in [0, 0.05) is 23.4 Å². The monoisotopic (exact) mass is 530 g/mol. The molecule has 3 amide bonds. The van der Waals surface area contributed by atoms with E-state index in [-0.39, 0.29) is 24.3 Å². The summed E-state index contributed by atoms with van der Waals surface area (Å²) in [5.74, 6) is 0.547. The van der Waals surface area contributed by atoms with Crippen molar-refractivity contribution in [1.82, 2.24) is 9.62 Å². The summed E-state index contributed by atoms with van der Waals surface area (Å²) in [6.45, 7) is 7.03. The standard InChI is InChI=1S/C14H23NOS.C13H17N3O2.C2H6/c1-2-3-4-5-6-7-11-10-13(11)14(16)15-17-12-8-9-12;14-13(18)11-7-4-8-16(11)12(17)9-15-10-5-2-1-3-6-10;1-2/h6-7,11-13H,2-5,8-10H2,1H3,(H,15,16);1-3,5-6,11,15H,4,7-9H2,(H2,14,18);1-2H3/b7-6-;;/t11?,13-;11-;/m00./s1. The molecule has 0 spiro atoms. The Kier molecular flexibility index (Phi) is 14.2. The molecule has 1 heterocycles. The Morgan fingerprint density at radius 1 is 1.11 bits per heavy atom. The molecule has 206 valence electrons. The number of allylic oxidation sites excluding steroid dienone is 2. The molecule has 1 saturated heterocycles. The molecule has 0 aromatic heterocycles. The molecule has 3 atom stereocenters. The Labute approximate surface area is 227 Å². The summed E-state index contributed by atoms with van der Waals surface area (Å²) in [6, 6.07) is 9.06. The van der Waals surface area contributed by atoms with Crippen molar-refractivity contribution in [1.29, 1.82) is 0 Å². The molecule has 1 aliphatic heterocycles. The lowest BCUT2D eigenvalue weighted by Gasteiger charge is -2.22. The Balaban J connectivity index is 0.000000244. The quantitative estimate of drug-likeness (QED) is 0.194. The molecular weight excluding hydrogens is 484 g/mol. The lowest BCUT2D eigenvalue weighted by Crippen LogP contribution is -2.45. The number of benzene rings is 1. The normalized spacial score (nSPS) is 21.8. The van der Waals surface area contributed by atoms with Crippen LogP contribution in [0.4, 0.5) is 5.69 Å². The number of nitrogens with one attached hydrogen (secondary N) is 2.